The first-order chi connectivity index (χ1) is 19.8. The highest BCUT2D eigenvalue weighted by Gasteiger charge is 2.34. The molecule has 1 aliphatic carbocycles. The third-order valence-electron chi connectivity index (χ3n) is 7.45. The maximum atomic E-state index is 13.2. The van der Waals surface area contributed by atoms with E-state index in [9.17, 15) is 13.2 Å². The summed E-state index contributed by atoms with van der Waals surface area (Å²) in [6.45, 7) is 0.493. The second-order valence-electron chi connectivity index (χ2n) is 10.2. The number of aryl methyl sites for hydroxylation is 1. The Morgan fingerprint density at radius 1 is 0.951 bits per heavy atom. The van der Waals surface area contributed by atoms with Crippen LogP contribution >= 0.6 is 0 Å². The Morgan fingerprint density at radius 3 is 2.44 bits per heavy atom. The zero-order valence-electron chi connectivity index (χ0n) is 22.2. The number of hydrogen-bond acceptors (Lipinski definition) is 6. The van der Waals surface area contributed by atoms with Crippen LogP contribution in [0, 0.1) is 0 Å². The van der Waals surface area contributed by atoms with Crippen LogP contribution in [-0.4, -0.2) is 41.2 Å². The summed E-state index contributed by atoms with van der Waals surface area (Å²) in [6.07, 6.45) is 1.97. The van der Waals surface area contributed by atoms with Crippen molar-refractivity contribution in [3.63, 3.8) is 0 Å². The minimum atomic E-state index is -4.50. The van der Waals surface area contributed by atoms with Gasteiger partial charge in [0.15, 0.2) is 11.5 Å². The maximum Gasteiger partial charge on any atom is 0.434 e. The number of hydrogen-bond donors (Lipinski definition) is 0. The molecule has 0 unspecified atom stereocenters. The lowest BCUT2D eigenvalue weighted by atomic mass is 10.1. The molecule has 4 aromatic heterocycles. The van der Waals surface area contributed by atoms with E-state index in [-0.39, 0.29) is 5.82 Å². The number of nitrogens with zero attached hydrogens (tertiary/aromatic N) is 7. The zero-order valence-corrected chi connectivity index (χ0v) is 22.2. The van der Waals surface area contributed by atoms with Crippen LogP contribution in [0.25, 0.3) is 44.7 Å². The molecule has 8 nitrogen and oxygen atoms in total. The molecule has 11 heteroatoms. The molecule has 1 aliphatic rings. The Labute approximate surface area is 232 Å². The Morgan fingerprint density at radius 2 is 1.73 bits per heavy atom. The molecule has 0 aliphatic heterocycles. The lowest BCUT2D eigenvalue weighted by Crippen LogP contribution is -2.05. The average molecular weight is 556 g/mol. The van der Waals surface area contributed by atoms with Gasteiger partial charge in [-0.3, -0.25) is 0 Å². The molecule has 0 spiro atoms. The second kappa shape index (κ2) is 9.39. The van der Waals surface area contributed by atoms with Crippen molar-refractivity contribution in [3.8, 4) is 28.7 Å². The van der Waals surface area contributed by atoms with Gasteiger partial charge in [0.1, 0.15) is 23.4 Å². The highest BCUT2D eigenvalue weighted by Crippen LogP contribution is 2.45. The lowest BCUT2D eigenvalue weighted by Gasteiger charge is -2.12. The van der Waals surface area contributed by atoms with Gasteiger partial charge in [-0.15, -0.1) is 0 Å². The third kappa shape index (κ3) is 4.37. The molecule has 1 saturated carbocycles. The summed E-state index contributed by atoms with van der Waals surface area (Å²) in [5, 5.41) is 1.94. The number of halogens is 3. The van der Waals surface area contributed by atoms with Gasteiger partial charge in [0.25, 0.3) is 0 Å². The second-order valence-corrected chi connectivity index (χ2v) is 10.2. The standard InChI is InChI=1S/C30H24F3N7O/c1-39-15-23(30(31,32)33)37-27(39)19-9-7-17(8-10-19)14-40-22-6-4-3-5-20(22)21-13-34-26(38-28(21)40)24-25(18-11-12-18)35-16-36-29(24)41-2/h3-10,13,15-16,18H,11-12,14H2,1-2H3. The van der Waals surface area contributed by atoms with Crippen LogP contribution in [0.3, 0.4) is 0 Å². The van der Waals surface area contributed by atoms with E-state index >= 15 is 0 Å². The van der Waals surface area contributed by atoms with Gasteiger partial charge in [0, 0.05) is 48.2 Å². The van der Waals surface area contributed by atoms with E-state index in [1.165, 1.54) is 10.9 Å². The van der Waals surface area contributed by atoms with Gasteiger partial charge >= 0.3 is 6.18 Å². The topological polar surface area (TPSA) is 83.5 Å². The van der Waals surface area contributed by atoms with Gasteiger partial charge in [-0.25, -0.2) is 24.9 Å². The highest BCUT2D eigenvalue weighted by molar-refractivity contribution is 6.06. The van der Waals surface area contributed by atoms with Crippen molar-refractivity contribution in [1.29, 1.82) is 0 Å². The number of benzene rings is 2. The highest BCUT2D eigenvalue weighted by atomic mass is 19.4. The number of imidazole rings is 1. The number of methoxy groups -OCH3 is 1. The Hall–Kier alpha value is -4.80. The third-order valence-corrected chi connectivity index (χ3v) is 7.45. The summed E-state index contributed by atoms with van der Waals surface area (Å²) < 4.78 is 48.6. The predicted molar refractivity (Wildman–Crippen MR) is 147 cm³/mol. The number of aromatic nitrogens is 7. The fourth-order valence-electron chi connectivity index (χ4n) is 5.33. The zero-order chi connectivity index (χ0) is 28.3. The van der Waals surface area contributed by atoms with Crippen molar-refractivity contribution in [2.75, 3.05) is 7.11 Å². The first kappa shape index (κ1) is 25.2. The summed E-state index contributed by atoms with van der Waals surface area (Å²) >= 11 is 0. The van der Waals surface area contributed by atoms with E-state index in [2.05, 4.69) is 19.5 Å². The molecule has 0 atom stereocenters. The van der Waals surface area contributed by atoms with Crippen LogP contribution < -0.4 is 4.74 Å². The molecule has 0 N–H and O–H groups in total. The summed E-state index contributed by atoms with van der Waals surface area (Å²) in [5.74, 6) is 1.55. The van der Waals surface area contributed by atoms with E-state index < -0.39 is 11.9 Å². The van der Waals surface area contributed by atoms with Crippen LogP contribution in [0.1, 0.15) is 35.7 Å². The molecule has 0 saturated heterocycles. The van der Waals surface area contributed by atoms with Crippen LogP contribution in [0.4, 0.5) is 13.2 Å². The lowest BCUT2D eigenvalue weighted by molar-refractivity contribution is -0.140. The van der Waals surface area contributed by atoms with Crippen molar-refractivity contribution in [2.24, 2.45) is 7.05 Å². The van der Waals surface area contributed by atoms with Gasteiger partial charge in [-0.1, -0.05) is 42.5 Å². The van der Waals surface area contributed by atoms with Crippen LogP contribution in [0.2, 0.25) is 0 Å². The van der Waals surface area contributed by atoms with E-state index in [0.29, 0.717) is 35.3 Å². The summed E-state index contributed by atoms with van der Waals surface area (Å²) in [4.78, 5) is 22.4. The molecule has 1 fully saturated rings. The smallest absolute Gasteiger partial charge is 0.434 e. The Bertz CT molecular complexity index is 1920. The molecule has 0 radical (unpaired) electrons. The normalized spacial score (nSPS) is 13.8. The van der Waals surface area contributed by atoms with Gasteiger partial charge in [0.2, 0.25) is 5.88 Å². The summed E-state index contributed by atoms with van der Waals surface area (Å²) in [6, 6.07) is 15.4. The Kier molecular flexibility index (Phi) is 5.77. The van der Waals surface area contributed by atoms with Crippen LogP contribution in [-0.2, 0) is 19.8 Å². The van der Waals surface area contributed by atoms with Crippen molar-refractivity contribution < 1.29 is 17.9 Å². The molecule has 2 aromatic carbocycles. The molecular weight excluding hydrogens is 531 g/mol. The minimum absolute atomic E-state index is 0.253. The van der Waals surface area contributed by atoms with E-state index in [0.717, 1.165) is 52.2 Å². The van der Waals surface area contributed by atoms with Crippen LogP contribution in [0.15, 0.2) is 67.3 Å². The number of para-hydroxylation sites is 1. The van der Waals surface area contributed by atoms with E-state index in [1.807, 2.05) is 42.6 Å². The van der Waals surface area contributed by atoms with E-state index in [4.69, 9.17) is 14.7 Å². The molecule has 7 rings (SSSR count). The van der Waals surface area contributed by atoms with Gasteiger partial charge in [-0.05, 0) is 24.5 Å². The fraction of sp³-hybridized carbons (Fsp3) is 0.233. The number of alkyl halides is 3. The van der Waals surface area contributed by atoms with E-state index in [1.54, 1.807) is 26.3 Å². The molecule has 0 amide bonds. The van der Waals surface area contributed by atoms with Crippen molar-refractivity contribution in [3.05, 3.63) is 84.2 Å². The Balaban J connectivity index is 1.31. The molecule has 41 heavy (non-hydrogen) atoms. The quantitative estimate of drug-likeness (QED) is 0.237. The van der Waals surface area contributed by atoms with Crippen molar-refractivity contribution in [1.82, 2.24) is 34.1 Å². The first-order valence-corrected chi connectivity index (χ1v) is 13.1. The van der Waals surface area contributed by atoms with Gasteiger partial charge in [-0.2, -0.15) is 13.2 Å². The number of rotatable bonds is 6. The number of ether oxygens (including phenoxy) is 1. The predicted octanol–water partition coefficient (Wildman–Crippen LogP) is 6.40. The van der Waals surface area contributed by atoms with Gasteiger partial charge in [0.05, 0.1) is 18.3 Å². The van der Waals surface area contributed by atoms with Gasteiger partial charge < -0.3 is 13.9 Å². The molecule has 6 aromatic rings. The molecule has 206 valence electrons. The minimum Gasteiger partial charge on any atom is -0.480 e. The van der Waals surface area contributed by atoms with Crippen molar-refractivity contribution in [2.45, 2.75) is 31.5 Å². The summed E-state index contributed by atoms with van der Waals surface area (Å²) in [5.41, 5.74) is 4.02. The SMILES string of the molecule is COc1ncnc(C2CC2)c1-c1ncc2c3ccccc3n(Cc3ccc(-c4nc(C(F)(F)F)cn4C)cc3)c2n1. The first-order valence-electron chi connectivity index (χ1n) is 13.1. The largest absolute Gasteiger partial charge is 0.480 e. The summed E-state index contributed by atoms with van der Waals surface area (Å²) in [7, 11) is 3.14. The molecular formula is C30H24F3N7O. The maximum absolute atomic E-state index is 13.2. The fourth-order valence-corrected chi connectivity index (χ4v) is 5.33. The number of fused-ring (bicyclic) bond motifs is 3. The molecule has 0 bridgehead atoms. The molecule has 4 heterocycles. The van der Waals surface area contributed by atoms with Crippen LogP contribution in [0.5, 0.6) is 5.88 Å². The van der Waals surface area contributed by atoms with Crippen molar-refractivity contribution >= 4 is 21.9 Å². The average Bonchev–Trinajstić information content (AvgIpc) is 3.68. The monoisotopic (exact) mass is 555 g/mol.